The molecule has 0 spiro atoms. The van der Waals surface area contributed by atoms with Crippen LogP contribution in [0.5, 0.6) is 0 Å². The highest BCUT2D eigenvalue weighted by Gasteiger charge is 2.08. The Kier molecular flexibility index (Phi) is 1.77. The van der Waals surface area contributed by atoms with Gasteiger partial charge in [0, 0.05) is 17.3 Å². The van der Waals surface area contributed by atoms with Crippen LogP contribution in [-0.2, 0) is 0 Å². The molecule has 1 heterocycles. The number of nitrogen functional groups attached to an aromatic ring is 1. The quantitative estimate of drug-likeness (QED) is 0.622. The molecule has 0 atom stereocenters. The largest absolute Gasteiger partial charge is 0.398 e. The molecule has 3 N–H and O–H groups in total. The van der Waals surface area contributed by atoms with Gasteiger partial charge in [-0.15, -0.1) is 0 Å². The number of anilines is 1. The summed E-state index contributed by atoms with van der Waals surface area (Å²) < 4.78 is 13.4. The van der Waals surface area contributed by atoms with Gasteiger partial charge in [0.15, 0.2) is 0 Å². The van der Waals surface area contributed by atoms with Gasteiger partial charge >= 0.3 is 0 Å². The Balaban J connectivity index is 3.09. The Morgan fingerprint density at radius 1 is 1.43 bits per heavy atom. The molecule has 2 aromatic rings. The van der Waals surface area contributed by atoms with Gasteiger partial charge in [-0.2, -0.15) is 0 Å². The van der Waals surface area contributed by atoms with Gasteiger partial charge in [0.25, 0.3) is 5.56 Å². The summed E-state index contributed by atoms with van der Waals surface area (Å²) in [6, 6.07) is 3.13. The molecule has 0 fully saturated rings. The summed E-state index contributed by atoms with van der Waals surface area (Å²) in [5.74, 6) is -0.454. The molecule has 0 saturated heterocycles. The molecule has 2 rings (SSSR count). The van der Waals surface area contributed by atoms with Crippen molar-refractivity contribution >= 4 is 16.5 Å². The van der Waals surface area contributed by atoms with E-state index in [0.29, 0.717) is 22.0 Å². The normalized spacial score (nSPS) is 10.7. The van der Waals surface area contributed by atoms with E-state index in [1.165, 1.54) is 6.07 Å². The smallest absolute Gasteiger partial charge is 0.256 e. The third-order valence-corrected chi connectivity index (χ3v) is 2.32. The van der Waals surface area contributed by atoms with Crippen molar-refractivity contribution in [3.63, 3.8) is 0 Å². The number of H-pyrrole nitrogens is 1. The first-order chi connectivity index (χ1) is 6.61. The third kappa shape index (κ3) is 1.08. The second-order valence-corrected chi connectivity index (χ2v) is 3.17. The zero-order valence-electron chi connectivity index (χ0n) is 7.60. The van der Waals surface area contributed by atoms with Gasteiger partial charge in [0.05, 0.1) is 5.39 Å². The van der Waals surface area contributed by atoms with Crippen LogP contribution in [0.15, 0.2) is 23.1 Å². The number of pyridine rings is 1. The maximum absolute atomic E-state index is 13.4. The lowest BCUT2D eigenvalue weighted by molar-refractivity contribution is 0.632. The van der Waals surface area contributed by atoms with E-state index in [9.17, 15) is 9.18 Å². The minimum Gasteiger partial charge on any atom is -0.398 e. The zero-order valence-corrected chi connectivity index (χ0v) is 7.60. The lowest BCUT2D eigenvalue weighted by atomic mass is 10.1. The van der Waals surface area contributed by atoms with E-state index in [-0.39, 0.29) is 5.56 Å². The number of rotatable bonds is 0. The number of hydrogen-bond donors (Lipinski definition) is 2. The molecule has 0 unspecified atom stereocenters. The summed E-state index contributed by atoms with van der Waals surface area (Å²) in [6.07, 6.45) is 1.05. The van der Waals surface area contributed by atoms with E-state index >= 15 is 0 Å². The lowest BCUT2D eigenvalue weighted by Gasteiger charge is -2.05. The number of fused-ring (bicyclic) bond motifs is 1. The van der Waals surface area contributed by atoms with Crippen LogP contribution in [0.3, 0.4) is 0 Å². The Morgan fingerprint density at radius 2 is 2.14 bits per heavy atom. The predicted octanol–water partition coefficient (Wildman–Crippen LogP) is 1.56. The molecule has 4 heteroatoms. The Labute approximate surface area is 79.4 Å². The van der Waals surface area contributed by atoms with E-state index < -0.39 is 5.82 Å². The van der Waals surface area contributed by atoms with Crippen LogP contribution in [0, 0.1) is 12.7 Å². The van der Waals surface area contributed by atoms with Gasteiger partial charge in [-0.05, 0) is 24.6 Å². The number of nitrogens with one attached hydrogen (secondary N) is 1. The SMILES string of the molecule is Cc1c(N)ccc2c(=O)[nH]cc(F)c12. The molecule has 0 radical (unpaired) electrons. The molecule has 14 heavy (non-hydrogen) atoms. The Bertz CT molecular complexity index is 560. The first-order valence-corrected chi connectivity index (χ1v) is 4.17. The van der Waals surface area contributed by atoms with Crippen LogP contribution in [0.2, 0.25) is 0 Å². The van der Waals surface area contributed by atoms with Crippen LogP contribution in [0.25, 0.3) is 10.8 Å². The standard InChI is InChI=1S/C10H9FN2O/c1-5-8(12)3-2-6-9(5)7(11)4-13-10(6)14/h2-4H,12H2,1H3,(H,13,14). The predicted molar refractivity (Wildman–Crippen MR) is 53.7 cm³/mol. The molecule has 0 amide bonds. The number of benzene rings is 1. The van der Waals surface area contributed by atoms with Gasteiger partial charge in [-0.3, -0.25) is 4.79 Å². The van der Waals surface area contributed by atoms with Gasteiger partial charge in [-0.25, -0.2) is 4.39 Å². The summed E-state index contributed by atoms with van der Waals surface area (Å²) in [5, 5.41) is 0.630. The molecule has 0 bridgehead atoms. The Hall–Kier alpha value is -1.84. The maximum Gasteiger partial charge on any atom is 0.256 e. The number of aromatic nitrogens is 1. The van der Waals surface area contributed by atoms with Crippen molar-refractivity contribution in [3.05, 3.63) is 40.1 Å². The van der Waals surface area contributed by atoms with Crippen molar-refractivity contribution in [2.45, 2.75) is 6.92 Å². The summed E-state index contributed by atoms with van der Waals surface area (Å²) in [4.78, 5) is 13.6. The van der Waals surface area contributed by atoms with Gasteiger partial charge < -0.3 is 10.7 Å². The topological polar surface area (TPSA) is 58.9 Å². The fourth-order valence-corrected chi connectivity index (χ4v) is 1.50. The van der Waals surface area contributed by atoms with E-state index in [0.717, 1.165) is 6.20 Å². The molecule has 3 nitrogen and oxygen atoms in total. The highest BCUT2D eigenvalue weighted by atomic mass is 19.1. The molecule has 0 aliphatic carbocycles. The minimum atomic E-state index is -0.454. The molecule has 1 aromatic heterocycles. The molecule has 0 aliphatic rings. The number of halogens is 1. The van der Waals surface area contributed by atoms with Crippen LogP contribution >= 0.6 is 0 Å². The fraction of sp³-hybridized carbons (Fsp3) is 0.100. The molecule has 1 aromatic carbocycles. The van der Waals surface area contributed by atoms with Crippen molar-refractivity contribution in [2.24, 2.45) is 0 Å². The molecular formula is C10H9FN2O. The van der Waals surface area contributed by atoms with E-state index in [1.807, 2.05) is 0 Å². The van der Waals surface area contributed by atoms with Crippen LogP contribution in [-0.4, -0.2) is 4.98 Å². The maximum atomic E-state index is 13.4. The van der Waals surface area contributed by atoms with Crippen LogP contribution < -0.4 is 11.3 Å². The van der Waals surface area contributed by atoms with E-state index in [1.54, 1.807) is 13.0 Å². The number of hydrogen-bond acceptors (Lipinski definition) is 2. The molecular weight excluding hydrogens is 183 g/mol. The second kappa shape index (κ2) is 2.83. The average molecular weight is 192 g/mol. The van der Waals surface area contributed by atoms with Crippen molar-refractivity contribution < 1.29 is 4.39 Å². The van der Waals surface area contributed by atoms with Crippen molar-refractivity contribution in [3.8, 4) is 0 Å². The highest BCUT2D eigenvalue weighted by Crippen LogP contribution is 2.22. The van der Waals surface area contributed by atoms with Crippen molar-refractivity contribution in [1.29, 1.82) is 0 Å². The van der Waals surface area contributed by atoms with Gasteiger partial charge in [0.1, 0.15) is 5.82 Å². The number of nitrogens with two attached hydrogens (primary N) is 1. The summed E-state index contributed by atoms with van der Waals surface area (Å²) >= 11 is 0. The van der Waals surface area contributed by atoms with Crippen molar-refractivity contribution in [1.82, 2.24) is 4.98 Å². The van der Waals surface area contributed by atoms with Crippen LogP contribution in [0.1, 0.15) is 5.56 Å². The van der Waals surface area contributed by atoms with E-state index in [2.05, 4.69) is 4.98 Å². The highest BCUT2D eigenvalue weighted by molar-refractivity contribution is 5.88. The second-order valence-electron chi connectivity index (χ2n) is 3.17. The molecule has 0 saturated carbocycles. The fourth-order valence-electron chi connectivity index (χ4n) is 1.50. The first-order valence-electron chi connectivity index (χ1n) is 4.17. The summed E-state index contributed by atoms with van der Waals surface area (Å²) in [7, 11) is 0. The van der Waals surface area contributed by atoms with Crippen molar-refractivity contribution in [2.75, 3.05) is 5.73 Å². The summed E-state index contributed by atoms with van der Waals surface area (Å²) in [6.45, 7) is 1.69. The molecule has 0 aliphatic heterocycles. The number of aromatic amines is 1. The number of aryl methyl sites for hydroxylation is 1. The molecule has 72 valence electrons. The Morgan fingerprint density at radius 3 is 2.86 bits per heavy atom. The zero-order chi connectivity index (χ0) is 10.3. The van der Waals surface area contributed by atoms with Gasteiger partial charge in [0.2, 0.25) is 0 Å². The van der Waals surface area contributed by atoms with E-state index in [4.69, 9.17) is 5.73 Å². The van der Waals surface area contributed by atoms with Gasteiger partial charge in [-0.1, -0.05) is 0 Å². The first kappa shape index (κ1) is 8.74. The monoisotopic (exact) mass is 192 g/mol. The third-order valence-electron chi connectivity index (χ3n) is 2.32. The van der Waals surface area contributed by atoms with Crippen LogP contribution in [0.4, 0.5) is 10.1 Å². The minimum absolute atomic E-state index is 0.300. The average Bonchev–Trinajstić information content (AvgIpc) is 2.16. The summed E-state index contributed by atoms with van der Waals surface area (Å²) in [5.41, 5.74) is 6.42. The lowest BCUT2D eigenvalue weighted by Crippen LogP contribution is -2.08.